The van der Waals surface area contributed by atoms with Crippen LogP contribution in [0.1, 0.15) is 48.3 Å². The number of carbonyl (C=O) groups is 1. The van der Waals surface area contributed by atoms with Crippen LogP contribution in [0.2, 0.25) is 0 Å². The first-order chi connectivity index (χ1) is 14.0. The van der Waals surface area contributed by atoms with E-state index in [1.54, 1.807) is 11.3 Å². The topological polar surface area (TPSA) is 66.9 Å². The molecule has 3 nitrogen and oxygen atoms in total. The number of rotatable bonds is 7. The number of carbonyl (C=O) groups excluding carboxylic acids is 1. The van der Waals surface area contributed by atoms with E-state index in [4.69, 9.17) is 5.73 Å². The first-order valence-electron chi connectivity index (χ1n) is 9.60. The molecule has 1 aromatic carbocycles. The van der Waals surface area contributed by atoms with Gasteiger partial charge < -0.3 is 5.73 Å². The van der Waals surface area contributed by atoms with Gasteiger partial charge in [0.25, 0.3) is 0 Å². The van der Waals surface area contributed by atoms with Crippen LogP contribution in [0.15, 0.2) is 76.0 Å². The predicted octanol–water partition coefficient (Wildman–Crippen LogP) is 6.39. The van der Waals surface area contributed by atoms with Crippen molar-refractivity contribution in [1.29, 1.82) is 5.26 Å². The molecule has 5 heteroatoms. The molecular weight excluding hydrogens is 396 g/mol. The van der Waals surface area contributed by atoms with Crippen molar-refractivity contribution in [3.8, 4) is 6.07 Å². The number of benzene rings is 1. The van der Waals surface area contributed by atoms with Crippen molar-refractivity contribution >= 4 is 34.6 Å². The van der Waals surface area contributed by atoms with Gasteiger partial charge >= 0.3 is 0 Å². The molecule has 1 amide bonds. The maximum Gasteiger partial charge on any atom is 0.235 e. The Morgan fingerprint density at radius 2 is 1.93 bits per heavy atom. The van der Waals surface area contributed by atoms with Crippen LogP contribution in [0.5, 0.6) is 0 Å². The Morgan fingerprint density at radius 1 is 1.21 bits per heavy atom. The highest BCUT2D eigenvalue weighted by Gasteiger charge is 2.25. The minimum atomic E-state index is -0.585. The zero-order valence-corrected chi connectivity index (χ0v) is 18.1. The third kappa shape index (κ3) is 4.90. The lowest BCUT2D eigenvalue weighted by atomic mass is 9.85. The van der Waals surface area contributed by atoms with Gasteiger partial charge in [-0.1, -0.05) is 48.6 Å². The minimum Gasteiger partial charge on any atom is -0.368 e. The third-order valence-corrected chi connectivity index (χ3v) is 7.19. The number of allylic oxidation sites excluding steroid dienone is 4. The summed E-state index contributed by atoms with van der Waals surface area (Å²) in [7, 11) is 0. The molecule has 1 atom stereocenters. The van der Waals surface area contributed by atoms with Gasteiger partial charge in [-0.15, -0.1) is 23.1 Å². The number of amides is 1. The molecule has 0 aliphatic heterocycles. The molecule has 0 radical (unpaired) electrons. The lowest BCUT2D eigenvalue weighted by molar-refractivity contribution is -0.117. The number of primary amides is 1. The monoisotopic (exact) mass is 420 g/mol. The Bertz CT molecular complexity index is 995. The van der Waals surface area contributed by atoms with Gasteiger partial charge in [-0.2, -0.15) is 5.26 Å². The number of nitrogens with two attached hydrogens (primary N) is 1. The maximum atomic E-state index is 12.2. The van der Waals surface area contributed by atoms with E-state index in [-0.39, 0.29) is 0 Å². The molecule has 2 N–H and O–H groups in total. The highest BCUT2D eigenvalue weighted by Crippen LogP contribution is 2.44. The summed E-state index contributed by atoms with van der Waals surface area (Å²) in [4.78, 5) is 13.8. The van der Waals surface area contributed by atoms with E-state index in [0.717, 1.165) is 35.3 Å². The molecule has 0 fully saturated rings. The van der Waals surface area contributed by atoms with E-state index in [1.807, 2.05) is 47.8 Å². The normalized spacial score (nSPS) is 16.0. The fourth-order valence-electron chi connectivity index (χ4n) is 3.62. The number of hydrogen-bond donors (Lipinski definition) is 1. The molecule has 3 rings (SSSR count). The van der Waals surface area contributed by atoms with Crippen molar-refractivity contribution in [2.24, 2.45) is 5.73 Å². The van der Waals surface area contributed by atoms with E-state index < -0.39 is 11.2 Å². The van der Waals surface area contributed by atoms with Crippen molar-refractivity contribution in [1.82, 2.24) is 0 Å². The zero-order valence-electron chi connectivity index (χ0n) is 16.5. The van der Waals surface area contributed by atoms with Gasteiger partial charge in [0.15, 0.2) is 0 Å². The zero-order chi connectivity index (χ0) is 20.8. The van der Waals surface area contributed by atoms with Crippen LogP contribution < -0.4 is 5.73 Å². The maximum absolute atomic E-state index is 12.2. The quantitative estimate of drug-likeness (QED) is 0.417. The number of nitrogens with zero attached hydrogens (tertiary/aromatic N) is 1. The van der Waals surface area contributed by atoms with Gasteiger partial charge in [0.2, 0.25) is 5.91 Å². The highest BCUT2D eigenvalue weighted by molar-refractivity contribution is 8.04. The number of nitriles is 1. The van der Waals surface area contributed by atoms with Gasteiger partial charge in [-0.3, -0.25) is 4.79 Å². The fourth-order valence-corrected chi connectivity index (χ4v) is 5.38. The molecule has 0 saturated carbocycles. The molecule has 2 aromatic rings. The molecule has 1 aliphatic rings. The lowest BCUT2D eigenvalue weighted by Gasteiger charge is -2.22. The van der Waals surface area contributed by atoms with E-state index in [0.29, 0.717) is 10.5 Å². The standard InChI is InChI=1S/C24H24N2OS2/c1-16-9-6-7-12-19(16)22(21-13-8-14-28-21)20(15-25)17(2)29-23(24(26)27)18-10-4-3-5-11-18/h3-5,8,10-11,13-14,23H,2,6-7,9,12H2,1H3,(H2,26,27)/b22-20+. The number of thiophene rings is 1. The van der Waals surface area contributed by atoms with E-state index in [1.165, 1.54) is 29.3 Å². The van der Waals surface area contributed by atoms with Gasteiger partial charge in [-0.05, 0) is 55.2 Å². The van der Waals surface area contributed by atoms with Gasteiger partial charge in [0.05, 0.1) is 5.57 Å². The average molecular weight is 421 g/mol. The Kier molecular flexibility index (Phi) is 7.13. The summed E-state index contributed by atoms with van der Waals surface area (Å²) in [6.07, 6.45) is 4.31. The second kappa shape index (κ2) is 9.78. The molecule has 29 heavy (non-hydrogen) atoms. The fraction of sp³-hybridized carbons (Fsp3) is 0.250. The summed E-state index contributed by atoms with van der Waals surface area (Å²) in [5, 5.41) is 11.5. The predicted molar refractivity (Wildman–Crippen MR) is 123 cm³/mol. The largest absolute Gasteiger partial charge is 0.368 e. The molecular formula is C24H24N2OS2. The van der Waals surface area contributed by atoms with Crippen LogP contribution in [0.4, 0.5) is 0 Å². The van der Waals surface area contributed by atoms with Gasteiger partial charge in [0, 0.05) is 15.4 Å². The second-order valence-corrected chi connectivity index (χ2v) is 9.19. The highest BCUT2D eigenvalue weighted by atomic mass is 32.2. The molecule has 1 heterocycles. The van der Waals surface area contributed by atoms with Gasteiger partial charge in [0.1, 0.15) is 11.3 Å². The van der Waals surface area contributed by atoms with Crippen molar-refractivity contribution in [2.75, 3.05) is 0 Å². The van der Waals surface area contributed by atoms with Crippen LogP contribution in [0.3, 0.4) is 0 Å². The molecule has 0 saturated heterocycles. The lowest BCUT2D eigenvalue weighted by Crippen LogP contribution is -2.19. The van der Waals surface area contributed by atoms with Crippen molar-refractivity contribution < 1.29 is 4.79 Å². The summed E-state index contributed by atoms with van der Waals surface area (Å²) in [5.41, 5.74) is 10.6. The Hall–Kier alpha value is -2.55. The minimum absolute atomic E-state index is 0.439. The van der Waals surface area contributed by atoms with Crippen LogP contribution in [-0.2, 0) is 4.79 Å². The van der Waals surface area contributed by atoms with Gasteiger partial charge in [-0.25, -0.2) is 0 Å². The van der Waals surface area contributed by atoms with Crippen molar-refractivity contribution in [3.05, 3.63) is 86.5 Å². The Morgan fingerprint density at radius 3 is 2.52 bits per heavy atom. The molecule has 1 unspecified atom stereocenters. The van der Waals surface area contributed by atoms with Crippen LogP contribution in [0.25, 0.3) is 5.57 Å². The second-order valence-electron chi connectivity index (χ2n) is 7.04. The summed E-state index contributed by atoms with van der Waals surface area (Å²) in [6, 6.07) is 15.8. The van der Waals surface area contributed by atoms with Crippen molar-refractivity contribution in [3.63, 3.8) is 0 Å². The number of thioether (sulfide) groups is 1. The Balaban J connectivity index is 2.06. The molecule has 0 spiro atoms. The summed E-state index contributed by atoms with van der Waals surface area (Å²) < 4.78 is 0. The SMILES string of the molecule is C=C(SC(C(N)=O)c1ccccc1)/C(C#N)=C(\C1=C(C)CCCC1)c1cccs1. The number of hydrogen-bond acceptors (Lipinski definition) is 4. The molecule has 1 aromatic heterocycles. The molecule has 148 valence electrons. The van der Waals surface area contributed by atoms with Crippen LogP contribution in [0, 0.1) is 11.3 Å². The van der Waals surface area contributed by atoms with Crippen LogP contribution in [-0.4, -0.2) is 5.91 Å². The third-order valence-electron chi connectivity index (χ3n) is 5.07. The molecule has 1 aliphatic carbocycles. The Labute approximate surface area is 180 Å². The van der Waals surface area contributed by atoms with E-state index in [9.17, 15) is 10.1 Å². The van der Waals surface area contributed by atoms with Crippen molar-refractivity contribution in [2.45, 2.75) is 37.9 Å². The first-order valence-corrected chi connectivity index (χ1v) is 11.4. The van der Waals surface area contributed by atoms with E-state index >= 15 is 0 Å². The molecule has 0 bridgehead atoms. The summed E-state index contributed by atoms with van der Waals surface area (Å²) in [5.74, 6) is -0.439. The summed E-state index contributed by atoms with van der Waals surface area (Å²) in [6.45, 7) is 6.34. The average Bonchev–Trinajstić information content (AvgIpc) is 3.25. The summed E-state index contributed by atoms with van der Waals surface area (Å²) >= 11 is 2.89. The smallest absolute Gasteiger partial charge is 0.235 e. The van der Waals surface area contributed by atoms with Crippen LogP contribution >= 0.6 is 23.1 Å². The first kappa shape index (κ1) is 21.2. The van der Waals surface area contributed by atoms with E-state index in [2.05, 4.69) is 19.6 Å².